The normalized spacial score (nSPS) is 11.4. The number of aromatic nitrogens is 3. The molecule has 0 fully saturated rings. The van der Waals surface area contributed by atoms with E-state index in [1.807, 2.05) is 25.1 Å². The predicted octanol–water partition coefficient (Wildman–Crippen LogP) is 1.03. The molecule has 0 atom stereocenters. The van der Waals surface area contributed by atoms with Gasteiger partial charge in [0.1, 0.15) is 0 Å². The van der Waals surface area contributed by atoms with Crippen LogP contribution in [0.2, 0.25) is 0 Å². The van der Waals surface area contributed by atoms with Gasteiger partial charge >= 0.3 is 0 Å². The SMILES string of the molecule is CCNC(=NCc1ccccn1)NCc1noc(C)n1. The highest BCUT2D eigenvalue weighted by Crippen LogP contribution is 1.96. The summed E-state index contributed by atoms with van der Waals surface area (Å²) in [6.07, 6.45) is 1.76. The number of pyridine rings is 1. The Bertz CT molecular complexity index is 551. The third-order valence-corrected chi connectivity index (χ3v) is 2.45. The molecule has 0 aliphatic rings. The topological polar surface area (TPSA) is 88.2 Å². The summed E-state index contributed by atoms with van der Waals surface area (Å²) < 4.78 is 4.91. The number of aryl methyl sites for hydroxylation is 1. The fourth-order valence-electron chi connectivity index (χ4n) is 1.57. The van der Waals surface area contributed by atoms with Gasteiger partial charge in [-0.25, -0.2) is 4.99 Å². The number of nitrogens with zero attached hydrogens (tertiary/aromatic N) is 4. The molecule has 0 spiro atoms. The van der Waals surface area contributed by atoms with Crippen LogP contribution in [0.5, 0.6) is 0 Å². The molecule has 0 saturated carbocycles. The minimum Gasteiger partial charge on any atom is -0.357 e. The molecule has 2 N–H and O–H groups in total. The van der Waals surface area contributed by atoms with E-state index in [9.17, 15) is 0 Å². The Balaban J connectivity index is 1.92. The average Bonchev–Trinajstić information content (AvgIpc) is 2.89. The average molecular weight is 274 g/mol. The van der Waals surface area contributed by atoms with E-state index in [2.05, 4.69) is 30.8 Å². The van der Waals surface area contributed by atoms with Crippen LogP contribution in [0.3, 0.4) is 0 Å². The number of hydrogen-bond acceptors (Lipinski definition) is 5. The third-order valence-electron chi connectivity index (χ3n) is 2.45. The third kappa shape index (κ3) is 4.34. The van der Waals surface area contributed by atoms with E-state index < -0.39 is 0 Å². The zero-order valence-electron chi connectivity index (χ0n) is 11.6. The van der Waals surface area contributed by atoms with E-state index in [0.29, 0.717) is 30.8 Å². The van der Waals surface area contributed by atoms with E-state index in [0.717, 1.165) is 12.2 Å². The molecule has 2 aromatic heterocycles. The Kier molecular flexibility index (Phi) is 5.05. The molecule has 0 saturated heterocycles. The predicted molar refractivity (Wildman–Crippen MR) is 74.9 cm³/mol. The molecule has 0 unspecified atom stereocenters. The van der Waals surface area contributed by atoms with E-state index >= 15 is 0 Å². The largest absolute Gasteiger partial charge is 0.357 e. The maximum atomic E-state index is 4.91. The number of hydrogen-bond donors (Lipinski definition) is 2. The zero-order valence-corrected chi connectivity index (χ0v) is 11.6. The highest BCUT2D eigenvalue weighted by Gasteiger charge is 2.03. The smallest absolute Gasteiger partial charge is 0.223 e. The fraction of sp³-hybridized carbons (Fsp3) is 0.385. The second kappa shape index (κ2) is 7.22. The van der Waals surface area contributed by atoms with Gasteiger partial charge in [0.05, 0.1) is 18.8 Å². The summed E-state index contributed by atoms with van der Waals surface area (Å²) in [6.45, 7) is 5.53. The van der Waals surface area contributed by atoms with Gasteiger partial charge in [0, 0.05) is 19.7 Å². The van der Waals surface area contributed by atoms with Crippen molar-refractivity contribution < 1.29 is 4.52 Å². The van der Waals surface area contributed by atoms with Gasteiger partial charge in [-0.2, -0.15) is 4.98 Å². The maximum Gasteiger partial charge on any atom is 0.223 e. The van der Waals surface area contributed by atoms with Gasteiger partial charge < -0.3 is 15.2 Å². The van der Waals surface area contributed by atoms with Crippen molar-refractivity contribution in [3.05, 3.63) is 41.8 Å². The van der Waals surface area contributed by atoms with Crippen molar-refractivity contribution >= 4 is 5.96 Å². The molecule has 7 heteroatoms. The molecule has 2 rings (SSSR count). The molecule has 0 radical (unpaired) electrons. The van der Waals surface area contributed by atoms with Crippen LogP contribution in [0.15, 0.2) is 33.9 Å². The molecule has 0 aromatic carbocycles. The highest BCUT2D eigenvalue weighted by molar-refractivity contribution is 5.79. The highest BCUT2D eigenvalue weighted by atomic mass is 16.5. The van der Waals surface area contributed by atoms with E-state index in [-0.39, 0.29) is 0 Å². The first-order valence-electron chi connectivity index (χ1n) is 6.49. The Labute approximate surface area is 117 Å². The standard InChI is InChI=1S/C13H18N6O/c1-3-14-13(16-8-11-6-4-5-7-15-11)17-9-12-18-10(2)20-19-12/h4-7H,3,8-9H2,1-2H3,(H2,14,16,17). The molecule has 0 amide bonds. The summed E-state index contributed by atoms with van der Waals surface area (Å²) >= 11 is 0. The monoisotopic (exact) mass is 274 g/mol. The second-order valence-electron chi connectivity index (χ2n) is 4.10. The minimum absolute atomic E-state index is 0.464. The van der Waals surface area contributed by atoms with Crippen molar-refractivity contribution in [2.24, 2.45) is 4.99 Å². The summed E-state index contributed by atoms with van der Waals surface area (Å²) in [4.78, 5) is 12.8. The lowest BCUT2D eigenvalue weighted by atomic mass is 10.3. The lowest BCUT2D eigenvalue weighted by Crippen LogP contribution is -2.37. The Hall–Kier alpha value is -2.44. The van der Waals surface area contributed by atoms with Crippen LogP contribution >= 0.6 is 0 Å². The number of nitrogens with one attached hydrogen (secondary N) is 2. The molecular formula is C13H18N6O. The molecule has 0 aliphatic carbocycles. The Morgan fingerprint density at radius 2 is 2.25 bits per heavy atom. The van der Waals surface area contributed by atoms with Crippen molar-refractivity contribution in [2.45, 2.75) is 26.9 Å². The van der Waals surface area contributed by atoms with Gasteiger partial charge in [-0.05, 0) is 19.1 Å². The van der Waals surface area contributed by atoms with Crippen LogP contribution in [0, 0.1) is 6.92 Å². The van der Waals surface area contributed by atoms with Crippen LogP contribution in [-0.2, 0) is 13.1 Å². The first kappa shape index (κ1) is 14.0. The van der Waals surface area contributed by atoms with Crippen LogP contribution in [0.25, 0.3) is 0 Å². The molecule has 0 aliphatic heterocycles. The van der Waals surface area contributed by atoms with Crippen molar-refractivity contribution in [2.75, 3.05) is 6.54 Å². The zero-order chi connectivity index (χ0) is 14.2. The van der Waals surface area contributed by atoms with Crippen LogP contribution in [0.1, 0.15) is 24.3 Å². The number of aliphatic imine (C=N–C) groups is 1. The van der Waals surface area contributed by atoms with Gasteiger partial charge in [0.25, 0.3) is 0 Å². The van der Waals surface area contributed by atoms with Crippen LogP contribution in [0.4, 0.5) is 0 Å². The summed E-state index contributed by atoms with van der Waals surface area (Å²) in [5.74, 6) is 1.85. The van der Waals surface area contributed by atoms with E-state index in [1.165, 1.54) is 0 Å². The minimum atomic E-state index is 0.464. The molecule has 0 bridgehead atoms. The second-order valence-corrected chi connectivity index (χ2v) is 4.10. The first-order valence-corrected chi connectivity index (χ1v) is 6.49. The quantitative estimate of drug-likeness (QED) is 0.625. The summed E-state index contributed by atoms with van der Waals surface area (Å²) in [6, 6.07) is 5.77. The first-order chi connectivity index (χ1) is 9.78. The summed E-state index contributed by atoms with van der Waals surface area (Å²) in [5, 5.41) is 10.1. The van der Waals surface area contributed by atoms with E-state index in [1.54, 1.807) is 13.1 Å². The number of rotatable bonds is 5. The van der Waals surface area contributed by atoms with Crippen molar-refractivity contribution in [1.82, 2.24) is 25.8 Å². The van der Waals surface area contributed by atoms with Gasteiger partial charge in [-0.1, -0.05) is 11.2 Å². The Morgan fingerprint density at radius 3 is 2.90 bits per heavy atom. The van der Waals surface area contributed by atoms with Gasteiger partial charge in [0.2, 0.25) is 5.89 Å². The molecule has 20 heavy (non-hydrogen) atoms. The lowest BCUT2D eigenvalue weighted by molar-refractivity contribution is 0.387. The van der Waals surface area contributed by atoms with E-state index in [4.69, 9.17) is 4.52 Å². The van der Waals surface area contributed by atoms with Gasteiger partial charge in [-0.15, -0.1) is 0 Å². The summed E-state index contributed by atoms with van der Waals surface area (Å²) in [5.41, 5.74) is 0.917. The maximum absolute atomic E-state index is 4.91. The molecule has 2 aromatic rings. The molecular weight excluding hydrogens is 256 g/mol. The fourth-order valence-corrected chi connectivity index (χ4v) is 1.57. The molecule has 7 nitrogen and oxygen atoms in total. The lowest BCUT2D eigenvalue weighted by Gasteiger charge is -2.09. The van der Waals surface area contributed by atoms with Crippen molar-refractivity contribution in [3.63, 3.8) is 0 Å². The molecule has 2 heterocycles. The van der Waals surface area contributed by atoms with Crippen LogP contribution in [-0.4, -0.2) is 27.6 Å². The summed E-state index contributed by atoms with van der Waals surface area (Å²) in [7, 11) is 0. The van der Waals surface area contributed by atoms with Crippen LogP contribution < -0.4 is 10.6 Å². The van der Waals surface area contributed by atoms with Gasteiger partial charge in [0.15, 0.2) is 11.8 Å². The number of guanidine groups is 1. The van der Waals surface area contributed by atoms with Crippen molar-refractivity contribution in [1.29, 1.82) is 0 Å². The van der Waals surface area contributed by atoms with Gasteiger partial charge in [-0.3, -0.25) is 4.98 Å². The van der Waals surface area contributed by atoms with Crippen molar-refractivity contribution in [3.8, 4) is 0 Å². The Morgan fingerprint density at radius 1 is 1.35 bits per heavy atom. The molecule has 106 valence electrons.